The van der Waals surface area contributed by atoms with E-state index in [1.807, 2.05) is 18.2 Å². The van der Waals surface area contributed by atoms with E-state index in [-0.39, 0.29) is 5.97 Å². The second kappa shape index (κ2) is 6.00. The summed E-state index contributed by atoms with van der Waals surface area (Å²) in [5, 5.41) is 2.14. The quantitative estimate of drug-likeness (QED) is 0.647. The first kappa shape index (κ1) is 14.8. The molecule has 120 valence electrons. The highest BCUT2D eigenvalue weighted by molar-refractivity contribution is 5.96. The minimum atomic E-state index is -0.310. The van der Waals surface area contributed by atoms with Gasteiger partial charge in [0.2, 0.25) is 0 Å². The van der Waals surface area contributed by atoms with Crippen LogP contribution in [0.1, 0.15) is 22.3 Å². The van der Waals surface area contributed by atoms with Crippen LogP contribution in [0.2, 0.25) is 0 Å². The number of aryl methyl sites for hydroxylation is 1. The van der Waals surface area contributed by atoms with E-state index in [0.717, 1.165) is 36.0 Å². The van der Waals surface area contributed by atoms with Crippen molar-refractivity contribution in [1.29, 1.82) is 0 Å². The van der Waals surface area contributed by atoms with Crippen molar-refractivity contribution in [1.82, 2.24) is 0 Å². The van der Waals surface area contributed by atoms with E-state index in [1.165, 1.54) is 23.8 Å². The molecule has 0 fully saturated rings. The third-order valence-corrected chi connectivity index (χ3v) is 4.50. The van der Waals surface area contributed by atoms with Crippen LogP contribution in [0.4, 0.5) is 0 Å². The molecule has 0 saturated heterocycles. The van der Waals surface area contributed by atoms with Crippen molar-refractivity contribution >= 4 is 16.7 Å². The monoisotopic (exact) mass is 318 g/mol. The van der Waals surface area contributed by atoms with Crippen LogP contribution in [-0.2, 0) is 11.2 Å². The van der Waals surface area contributed by atoms with Gasteiger partial charge in [-0.1, -0.05) is 24.3 Å². The van der Waals surface area contributed by atoms with Gasteiger partial charge in [-0.05, 0) is 70.6 Å². The fourth-order valence-electron chi connectivity index (χ4n) is 3.21. The largest absolute Gasteiger partial charge is 0.493 e. The number of benzene rings is 3. The van der Waals surface area contributed by atoms with Gasteiger partial charge in [-0.2, -0.15) is 0 Å². The molecule has 0 atom stereocenters. The molecule has 0 spiro atoms. The molecular weight excluding hydrogens is 300 g/mol. The molecule has 24 heavy (non-hydrogen) atoms. The Balaban J connectivity index is 1.74. The highest BCUT2D eigenvalue weighted by Crippen LogP contribution is 2.31. The molecule has 0 bridgehead atoms. The number of esters is 1. The SMILES string of the molecule is COC(=O)c1ccc2cc(-c3ccc4c(c3)CCCO4)ccc2c1. The Morgan fingerprint density at radius 2 is 1.71 bits per heavy atom. The number of hydrogen-bond donors (Lipinski definition) is 0. The van der Waals surface area contributed by atoms with E-state index in [2.05, 4.69) is 30.3 Å². The average Bonchev–Trinajstić information content (AvgIpc) is 2.66. The van der Waals surface area contributed by atoms with E-state index in [9.17, 15) is 4.79 Å². The zero-order valence-corrected chi connectivity index (χ0v) is 13.5. The van der Waals surface area contributed by atoms with Gasteiger partial charge >= 0.3 is 5.97 Å². The summed E-state index contributed by atoms with van der Waals surface area (Å²) in [5.74, 6) is 0.698. The molecule has 0 aromatic heterocycles. The summed E-state index contributed by atoms with van der Waals surface area (Å²) >= 11 is 0. The van der Waals surface area contributed by atoms with Gasteiger partial charge in [0, 0.05) is 0 Å². The van der Waals surface area contributed by atoms with Crippen molar-refractivity contribution in [2.75, 3.05) is 13.7 Å². The summed E-state index contributed by atoms with van der Waals surface area (Å²) in [5.41, 5.74) is 4.21. The van der Waals surface area contributed by atoms with E-state index in [1.54, 1.807) is 6.07 Å². The molecule has 0 N–H and O–H groups in total. The minimum absolute atomic E-state index is 0.310. The Bertz CT molecular complexity index is 928. The van der Waals surface area contributed by atoms with Crippen LogP contribution in [0, 0.1) is 0 Å². The van der Waals surface area contributed by atoms with E-state index >= 15 is 0 Å². The Labute approximate surface area is 140 Å². The van der Waals surface area contributed by atoms with Crippen LogP contribution in [0.5, 0.6) is 5.75 Å². The highest BCUT2D eigenvalue weighted by atomic mass is 16.5. The number of ether oxygens (including phenoxy) is 2. The van der Waals surface area contributed by atoms with Gasteiger partial charge in [0.25, 0.3) is 0 Å². The predicted octanol–water partition coefficient (Wildman–Crippen LogP) is 4.62. The maximum Gasteiger partial charge on any atom is 0.337 e. The van der Waals surface area contributed by atoms with E-state index < -0.39 is 0 Å². The molecule has 0 amide bonds. The average molecular weight is 318 g/mol. The molecule has 1 heterocycles. The molecule has 0 aliphatic carbocycles. The lowest BCUT2D eigenvalue weighted by molar-refractivity contribution is 0.0601. The van der Waals surface area contributed by atoms with E-state index in [0.29, 0.717) is 5.56 Å². The van der Waals surface area contributed by atoms with Crippen molar-refractivity contribution < 1.29 is 14.3 Å². The first-order valence-corrected chi connectivity index (χ1v) is 8.13. The fourth-order valence-corrected chi connectivity index (χ4v) is 3.21. The lowest BCUT2D eigenvalue weighted by Gasteiger charge is -2.18. The molecule has 4 rings (SSSR count). The van der Waals surface area contributed by atoms with Crippen molar-refractivity contribution in [2.45, 2.75) is 12.8 Å². The van der Waals surface area contributed by atoms with Crippen LogP contribution < -0.4 is 4.74 Å². The third kappa shape index (κ3) is 2.62. The summed E-state index contributed by atoms with van der Waals surface area (Å²) in [4.78, 5) is 11.6. The van der Waals surface area contributed by atoms with Crippen molar-refractivity contribution in [3.8, 4) is 16.9 Å². The topological polar surface area (TPSA) is 35.5 Å². The Morgan fingerprint density at radius 3 is 2.58 bits per heavy atom. The summed E-state index contributed by atoms with van der Waals surface area (Å²) in [6.07, 6.45) is 2.14. The van der Waals surface area contributed by atoms with Gasteiger partial charge in [-0.15, -0.1) is 0 Å². The molecule has 1 aliphatic rings. The summed E-state index contributed by atoms with van der Waals surface area (Å²) in [6, 6.07) is 18.3. The molecule has 0 unspecified atom stereocenters. The number of hydrogen-bond acceptors (Lipinski definition) is 3. The Kier molecular flexibility index (Phi) is 3.69. The summed E-state index contributed by atoms with van der Waals surface area (Å²) in [7, 11) is 1.40. The molecule has 3 nitrogen and oxygen atoms in total. The number of carbonyl (C=O) groups excluding carboxylic acids is 1. The number of rotatable bonds is 2. The second-order valence-corrected chi connectivity index (χ2v) is 6.04. The zero-order valence-electron chi connectivity index (χ0n) is 13.5. The van der Waals surface area contributed by atoms with Crippen molar-refractivity contribution in [3.05, 3.63) is 65.7 Å². The van der Waals surface area contributed by atoms with Gasteiger partial charge in [-0.25, -0.2) is 4.79 Å². The normalized spacial score (nSPS) is 13.2. The lowest BCUT2D eigenvalue weighted by atomic mass is 9.96. The number of fused-ring (bicyclic) bond motifs is 2. The first-order chi connectivity index (χ1) is 11.7. The van der Waals surface area contributed by atoms with Crippen molar-refractivity contribution in [3.63, 3.8) is 0 Å². The van der Waals surface area contributed by atoms with Crippen LogP contribution in [0.3, 0.4) is 0 Å². The first-order valence-electron chi connectivity index (χ1n) is 8.13. The number of methoxy groups -OCH3 is 1. The Hall–Kier alpha value is -2.81. The smallest absolute Gasteiger partial charge is 0.337 e. The van der Waals surface area contributed by atoms with Crippen LogP contribution in [-0.4, -0.2) is 19.7 Å². The van der Waals surface area contributed by atoms with Gasteiger partial charge in [-0.3, -0.25) is 0 Å². The number of carbonyl (C=O) groups is 1. The molecule has 3 aromatic rings. The van der Waals surface area contributed by atoms with Crippen LogP contribution in [0.15, 0.2) is 54.6 Å². The van der Waals surface area contributed by atoms with Gasteiger partial charge < -0.3 is 9.47 Å². The third-order valence-electron chi connectivity index (χ3n) is 4.50. The molecular formula is C21H18O3. The predicted molar refractivity (Wildman–Crippen MR) is 94.5 cm³/mol. The summed E-state index contributed by atoms with van der Waals surface area (Å²) < 4.78 is 10.5. The van der Waals surface area contributed by atoms with Crippen LogP contribution >= 0.6 is 0 Å². The van der Waals surface area contributed by atoms with Crippen LogP contribution in [0.25, 0.3) is 21.9 Å². The molecule has 3 aromatic carbocycles. The minimum Gasteiger partial charge on any atom is -0.493 e. The lowest BCUT2D eigenvalue weighted by Crippen LogP contribution is -2.07. The maximum absolute atomic E-state index is 11.6. The molecule has 0 radical (unpaired) electrons. The Morgan fingerprint density at radius 1 is 0.958 bits per heavy atom. The molecule has 3 heteroatoms. The van der Waals surface area contributed by atoms with Crippen molar-refractivity contribution in [2.24, 2.45) is 0 Å². The maximum atomic E-state index is 11.6. The van der Waals surface area contributed by atoms with Gasteiger partial charge in [0.1, 0.15) is 5.75 Å². The zero-order chi connectivity index (χ0) is 16.5. The summed E-state index contributed by atoms with van der Waals surface area (Å²) in [6.45, 7) is 0.810. The molecule has 1 aliphatic heterocycles. The van der Waals surface area contributed by atoms with E-state index in [4.69, 9.17) is 9.47 Å². The second-order valence-electron chi connectivity index (χ2n) is 6.04. The molecule has 0 saturated carbocycles. The standard InChI is InChI=1S/C21H18O3/c1-23-21(22)19-7-6-15-11-14(4-5-16(15)13-19)17-8-9-20-18(12-17)3-2-10-24-20/h4-9,11-13H,2-3,10H2,1H3. The highest BCUT2D eigenvalue weighted by Gasteiger charge is 2.12. The van der Waals surface area contributed by atoms with Gasteiger partial charge in [0.05, 0.1) is 19.3 Å². The fraction of sp³-hybridized carbons (Fsp3) is 0.190. The van der Waals surface area contributed by atoms with Gasteiger partial charge in [0.15, 0.2) is 0 Å².